The Hall–Kier alpha value is -1.97. The van der Waals surface area contributed by atoms with Crippen LogP contribution < -0.4 is 4.90 Å². The number of carbonyl (C=O) groups is 1. The fourth-order valence-corrected chi connectivity index (χ4v) is 1.96. The molecule has 1 heterocycles. The number of nitrogens with zero attached hydrogens (tertiary/aromatic N) is 1. The molecule has 1 aromatic heterocycles. The number of esters is 1. The van der Waals surface area contributed by atoms with E-state index < -0.39 is 0 Å². The number of ether oxygens (including phenoxy) is 1. The summed E-state index contributed by atoms with van der Waals surface area (Å²) in [7, 11) is 3.45. The lowest BCUT2D eigenvalue weighted by Crippen LogP contribution is -2.19. The van der Waals surface area contributed by atoms with Crippen molar-refractivity contribution in [2.45, 2.75) is 12.8 Å². The lowest BCUT2D eigenvalue weighted by Gasteiger charge is -2.19. The standard InChI is InChI=1S/C14H18N2O2/c1-16(9-3-4-14(17)18-2)12-6-5-11-7-8-15-13(11)10-12/h5-8,10,15H,3-4,9H2,1-2H3. The van der Waals surface area contributed by atoms with E-state index in [9.17, 15) is 4.79 Å². The van der Waals surface area contributed by atoms with Crippen molar-refractivity contribution in [3.05, 3.63) is 30.5 Å². The maximum atomic E-state index is 11.0. The van der Waals surface area contributed by atoms with Crippen LogP contribution in [0.3, 0.4) is 0 Å². The Morgan fingerprint density at radius 2 is 2.22 bits per heavy atom. The van der Waals surface area contributed by atoms with E-state index in [1.54, 1.807) is 0 Å². The van der Waals surface area contributed by atoms with Crippen LogP contribution >= 0.6 is 0 Å². The minimum absolute atomic E-state index is 0.150. The van der Waals surface area contributed by atoms with E-state index >= 15 is 0 Å². The number of rotatable bonds is 5. The van der Waals surface area contributed by atoms with E-state index in [1.807, 2.05) is 13.2 Å². The highest BCUT2D eigenvalue weighted by Crippen LogP contribution is 2.20. The molecule has 0 unspecified atom stereocenters. The number of aromatic amines is 1. The van der Waals surface area contributed by atoms with Gasteiger partial charge in [-0.3, -0.25) is 4.79 Å². The fraction of sp³-hybridized carbons (Fsp3) is 0.357. The third-order valence-electron chi connectivity index (χ3n) is 3.08. The monoisotopic (exact) mass is 246 g/mol. The van der Waals surface area contributed by atoms with Crippen LogP contribution in [0, 0.1) is 0 Å². The van der Waals surface area contributed by atoms with Gasteiger partial charge in [-0.2, -0.15) is 0 Å². The number of H-pyrrole nitrogens is 1. The Morgan fingerprint density at radius 1 is 1.39 bits per heavy atom. The third kappa shape index (κ3) is 2.83. The molecule has 0 bridgehead atoms. The van der Waals surface area contributed by atoms with Gasteiger partial charge in [0.05, 0.1) is 7.11 Å². The molecule has 4 nitrogen and oxygen atoms in total. The van der Waals surface area contributed by atoms with Crippen LogP contribution in [0.2, 0.25) is 0 Å². The van der Waals surface area contributed by atoms with Gasteiger partial charge in [-0.25, -0.2) is 0 Å². The van der Waals surface area contributed by atoms with Crippen molar-refractivity contribution in [3.63, 3.8) is 0 Å². The van der Waals surface area contributed by atoms with Crippen molar-refractivity contribution < 1.29 is 9.53 Å². The molecule has 0 spiro atoms. The quantitative estimate of drug-likeness (QED) is 0.825. The molecular weight excluding hydrogens is 228 g/mol. The molecule has 2 aromatic rings. The molecule has 96 valence electrons. The van der Waals surface area contributed by atoms with E-state index in [0.717, 1.165) is 24.2 Å². The molecule has 18 heavy (non-hydrogen) atoms. The second-order valence-electron chi connectivity index (χ2n) is 4.35. The molecule has 0 atom stereocenters. The normalized spacial score (nSPS) is 10.6. The number of fused-ring (bicyclic) bond motifs is 1. The van der Waals surface area contributed by atoms with Crippen molar-refractivity contribution >= 4 is 22.6 Å². The largest absolute Gasteiger partial charge is 0.469 e. The molecule has 0 fully saturated rings. The predicted octanol–water partition coefficient (Wildman–Crippen LogP) is 2.56. The minimum atomic E-state index is -0.150. The highest BCUT2D eigenvalue weighted by Gasteiger charge is 2.05. The fourth-order valence-electron chi connectivity index (χ4n) is 1.96. The predicted molar refractivity (Wildman–Crippen MR) is 72.8 cm³/mol. The highest BCUT2D eigenvalue weighted by molar-refractivity contribution is 5.83. The summed E-state index contributed by atoms with van der Waals surface area (Å²) in [6, 6.07) is 8.36. The average Bonchev–Trinajstić information content (AvgIpc) is 2.85. The lowest BCUT2D eigenvalue weighted by atomic mass is 10.2. The van der Waals surface area contributed by atoms with E-state index in [2.05, 4.69) is 38.9 Å². The SMILES string of the molecule is COC(=O)CCCN(C)c1ccc2cc[nH]c2c1. The Kier molecular flexibility index (Phi) is 3.87. The first-order valence-electron chi connectivity index (χ1n) is 6.06. The Balaban J connectivity index is 1.95. The number of anilines is 1. The zero-order valence-corrected chi connectivity index (χ0v) is 10.8. The molecule has 0 aliphatic rings. The highest BCUT2D eigenvalue weighted by atomic mass is 16.5. The summed E-state index contributed by atoms with van der Waals surface area (Å²) in [5.74, 6) is -0.150. The summed E-state index contributed by atoms with van der Waals surface area (Å²) in [5.41, 5.74) is 2.28. The second-order valence-corrected chi connectivity index (χ2v) is 4.35. The number of nitrogens with one attached hydrogen (secondary N) is 1. The van der Waals surface area contributed by atoms with Gasteiger partial charge >= 0.3 is 5.97 Å². The van der Waals surface area contributed by atoms with Gasteiger partial charge < -0.3 is 14.6 Å². The second kappa shape index (κ2) is 5.58. The first-order chi connectivity index (χ1) is 8.70. The minimum Gasteiger partial charge on any atom is -0.469 e. The molecule has 1 N–H and O–H groups in total. The number of carbonyl (C=O) groups excluding carboxylic acids is 1. The molecule has 2 rings (SSSR count). The molecule has 4 heteroatoms. The summed E-state index contributed by atoms with van der Waals surface area (Å²) < 4.78 is 4.62. The molecular formula is C14H18N2O2. The van der Waals surface area contributed by atoms with Crippen LogP contribution in [-0.4, -0.2) is 31.7 Å². The lowest BCUT2D eigenvalue weighted by molar-refractivity contribution is -0.140. The Bertz CT molecular complexity index is 533. The van der Waals surface area contributed by atoms with Gasteiger partial charge in [0, 0.05) is 37.4 Å². The van der Waals surface area contributed by atoms with Crippen LogP contribution in [-0.2, 0) is 9.53 Å². The van der Waals surface area contributed by atoms with Crippen LogP contribution in [0.1, 0.15) is 12.8 Å². The van der Waals surface area contributed by atoms with Crippen LogP contribution in [0.25, 0.3) is 10.9 Å². The third-order valence-corrected chi connectivity index (χ3v) is 3.08. The molecule has 0 saturated carbocycles. The van der Waals surface area contributed by atoms with Crippen LogP contribution in [0.5, 0.6) is 0 Å². The van der Waals surface area contributed by atoms with Crippen LogP contribution in [0.15, 0.2) is 30.5 Å². The number of aromatic nitrogens is 1. The number of hydrogen-bond donors (Lipinski definition) is 1. The van der Waals surface area contributed by atoms with Gasteiger partial charge in [-0.1, -0.05) is 6.07 Å². The van der Waals surface area contributed by atoms with Gasteiger partial charge in [0.15, 0.2) is 0 Å². The van der Waals surface area contributed by atoms with Crippen molar-refractivity contribution in [1.82, 2.24) is 4.98 Å². The van der Waals surface area contributed by atoms with Crippen molar-refractivity contribution in [1.29, 1.82) is 0 Å². The van der Waals surface area contributed by atoms with Gasteiger partial charge in [-0.15, -0.1) is 0 Å². The van der Waals surface area contributed by atoms with Gasteiger partial charge in [0.1, 0.15) is 0 Å². The van der Waals surface area contributed by atoms with Gasteiger partial charge in [-0.05, 0) is 30.0 Å². The summed E-state index contributed by atoms with van der Waals surface area (Å²) in [6.45, 7) is 0.835. The van der Waals surface area contributed by atoms with E-state index in [4.69, 9.17) is 0 Å². The van der Waals surface area contributed by atoms with Crippen molar-refractivity contribution in [3.8, 4) is 0 Å². The maximum Gasteiger partial charge on any atom is 0.305 e. The topological polar surface area (TPSA) is 45.3 Å². The average molecular weight is 246 g/mol. The first-order valence-corrected chi connectivity index (χ1v) is 6.06. The van der Waals surface area contributed by atoms with Crippen LogP contribution in [0.4, 0.5) is 5.69 Å². The van der Waals surface area contributed by atoms with Crippen molar-refractivity contribution in [2.24, 2.45) is 0 Å². The summed E-state index contributed by atoms with van der Waals surface area (Å²) >= 11 is 0. The molecule has 0 saturated heterocycles. The molecule has 0 aliphatic heterocycles. The zero-order chi connectivity index (χ0) is 13.0. The van der Waals surface area contributed by atoms with Crippen molar-refractivity contribution in [2.75, 3.05) is 25.6 Å². The zero-order valence-electron chi connectivity index (χ0n) is 10.8. The smallest absolute Gasteiger partial charge is 0.305 e. The number of benzene rings is 1. The molecule has 0 aliphatic carbocycles. The summed E-state index contributed by atoms with van der Waals surface area (Å²) in [5, 5.41) is 1.21. The summed E-state index contributed by atoms with van der Waals surface area (Å²) in [6.07, 6.45) is 3.20. The van der Waals surface area contributed by atoms with E-state index in [1.165, 1.54) is 12.5 Å². The van der Waals surface area contributed by atoms with E-state index in [-0.39, 0.29) is 5.97 Å². The maximum absolute atomic E-state index is 11.0. The number of hydrogen-bond acceptors (Lipinski definition) is 3. The number of methoxy groups -OCH3 is 1. The first kappa shape index (κ1) is 12.5. The summed E-state index contributed by atoms with van der Waals surface area (Å²) in [4.78, 5) is 16.4. The van der Waals surface area contributed by atoms with Gasteiger partial charge in [0.2, 0.25) is 0 Å². The Labute approximate surface area is 107 Å². The van der Waals surface area contributed by atoms with Gasteiger partial charge in [0.25, 0.3) is 0 Å². The Morgan fingerprint density at radius 3 is 3.00 bits per heavy atom. The molecule has 0 radical (unpaired) electrons. The molecule has 0 amide bonds. The van der Waals surface area contributed by atoms with E-state index in [0.29, 0.717) is 6.42 Å². The molecule has 1 aromatic carbocycles.